The highest BCUT2D eigenvalue weighted by atomic mass is 35.5. The van der Waals surface area contributed by atoms with Crippen LogP contribution in [0.1, 0.15) is 17.2 Å². The topological polar surface area (TPSA) is 24.5 Å². The van der Waals surface area contributed by atoms with Crippen LogP contribution in [-0.2, 0) is 11.3 Å². The molecule has 1 unspecified atom stereocenters. The molecule has 0 saturated carbocycles. The average Bonchev–Trinajstić information content (AvgIpc) is 2.61. The van der Waals surface area contributed by atoms with Gasteiger partial charge in [0.05, 0.1) is 13.2 Å². The van der Waals surface area contributed by atoms with Crippen molar-refractivity contribution in [2.45, 2.75) is 12.6 Å². The number of hydrogen-bond donors (Lipinski definition) is 1. The Morgan fingerprint density at radius 2 is 1.79 bits per heavy atom. The SMILES string of the molecule is Clc1ccc(CNC(CN2CCOCC2)c2ccccc2)c(Cl)c1. The monoisotopic (exact) mass is 364 g/mol. The van der Waals surface area contributed by atoms with Gasteiger partial charge in [-0.3, -0.25) is 4.90 Å². The van der Waals surface area contributed by atoms with Crippen LogP contribution < -0.4 is 5.32 Å². The lowest BCUT2D eigenvalue weighted by Crippen LogP contribution is -2.41. The smallest absolute Gasteiger partial charge is 0.0594 e. The lowest BCUT2D eigenvalue weighted by atomic mass is 10.1. The van der Waals surface area contributed by atoms with Gasteiger partial charge in [-0.05, 0) is 23.3 Å². The zero-order valence-corrected chi connectivity index (χ0v) is 15.1. The minimum Gasteiger partial charge on any atom is -0.379 e. The van der Waals surface area contributed by atoms with Gasteiger partial charge in [-0.1, -0.05) is 59.6 Å². The van der Waals surface area contributed by atoms with E-state index in [0.717, 1.165) is 38.4 Å². The molecule has 1 aliphatic heterocycles. The normalized spacial score (nSPS) is 16.9. The molecular weight excluding hydrogens is 343 g/mol. The molecule has 2 aromatic rings. The molecule has 24 heavy (non-hydrogen) atoms. The first-order valence-electron chi connectivity index (χ1n) is 8.25. The van der Waals surface area contributed by atoms with Gasteiger partial charge in [0.2, 0.25) is 0 Å². The maximum atomic E-state index is 6.30. The first-order chi connectivity index (χ1) is 11.7. The Balaban J connectivity index is 1.69. The Hall–Kier alpha value is -1.10. The fourth-order valence-corrected chi connectivity index (χ4v) is 3.39. The summed E-state index contributed by atoms with van der Waals surface area (Å²) in [6.07, 6.45) is 0. The van der Waals surface area contributed by atoms with Gasteiger partial charge < -0.3 is 10.1 Å². The average molecular weight is 365 g/mol. The lowest BCUT2D eigenvalue weighted by molar-refractivity contribution is 0.0333. The Labute approximate surface area is 153 Å². The molecule has 0 radical (unpaired) electrons. The van der Waals surface area contributed by atoms with E-state index >= 15 is 0 Å². The standard InChI is InChI=1S/C19H22Cl2N2O/c20-17-7-6-16(18(21)12-17)13-22-19(15-4-2-1-3-5-15)14-23-8-10-24-11-9-23/h1-7,12,19,22H,8-11,13-14H2. The molecule has 1 N–H and O–H groups in total. The van der Waals surface area contributed by atoms with Gasteiger partial charge in [0.15, 0.2) is 0 Å². The van der Waals surface area contributed by atoms with E-state index in [-0.39, 0.29) is 6.04 Å². The summed E-state index contributed by atoms with van der Waals surface area (Å²) < 4.78 is 5.45. The number of ether oxygens (including phenoxy) is 1. The van der Waals surface area contributed by atoms with Crippen LogP contribution in [0, 0.1) is 0 Å². The fourth-order valence-electron chi connectivity index (χ4n) is 2.91. The van der Waals surface area contributed by atoms with Crippen molar-refractivity contribution >= 4 is 23.2 Å². The van der Waals surface area contributed by atoms with Crippen LogP contribution in [0.15, 0.2) is 48.5 Å². The molecule has 0 bridgehead atoms. The Kier molecular flexibility index (Phi) is 6.52. The molecule has 1 saturated heterocycles. The van der Waals surface area contributed by atoms with Gasteiger partial charge in [-0.15, -0.1) is 0 Å². The largest absolute Gasteiger partial charge is 0.379 e. The highest BCUT2D eigenvalue weighted by Gasteiger charge is 2.18. The number of rotatable bonds is 6. The molecule has 1 atom stereocenters. The third kappa shape index (κ3) is 4.95. The van der Waals surface area contributed by atoms with E-state index in [0.29, 0.717) is 16.6 Å². The summed E-state index contributed by atoms with van der Waals surface area (Å²) in [4.78, 5) is 2.44. The molecule has 0 spiro atoms. The summed E-state index contributed by atoms with van der Waals surface area (Å²) in [7, 11) is 0. The summed E-state index contributed by atoms with van der Waals surface area (Å²) in [5.41, 5.74) is 2.35. The van der Waals surface area contributed by atoms with Crippen LogP contribution in [0.25, 0.3) is 0 Å². The van der Waals surface area contributed by atoms with Gasteiger partial charge in [0.25, 0.3) is 0 Å². The van der Waals surface area contributed by atoms with Crippen LogP contribution in [0.4, 0.5) is 0 Å². The molecule has 1 fully saturated rings. The molecule has 5 heteroatoms. The van der Waals surface area contributed by atoms with Crippen molar-refractivity contribution in [2.24, 2.45) is 0 Å². The zero-order chi connectivity index (χ0) is 16.8. The minimum absolute atomic E-state index is 0.246. The number of nitrogens with zero attached hydrogens (tertiary/aromatic N) is 1. The van der Waals surface area contributed by atoms with Crippen molar-refractivity contribution in [2.75, 3.05) is 32.8 Å². The van der Waals surface area contributed by atoms with Crippen LogP contribution in [0.5, 0.6) is 0 Å². The second-order valence-corrected chi connectivity index (χ2v) is 6.84. The molecule has 0 aliphatic carbocycles. The van der Waals surface area contributed by atoms with E-state index in [1.165, 1.54) is 5.56 Å². The fraction of sp³-hybridized carbons (Fsp3) is 0.368. The highest BCUT2D eigenvalue weighted by Crippen LogP contribution is 2.22. The van der Waals surface area contributed by atoms with Crippen LogP contribution >= 0.6 is 23.2 Å². The molecule has 3 rings (SSSR count). The van der Waals surface area contributed by atoms with E-state index in [1.54, 1.807) is 6.07 Å². The number of halogens is 2. The van der Waals surface area contributed by atoms with Gasteiger partial charge in [0, 0.05) is 42.3 Å². The summed E-state index contributed by atoms with van der Waals surface area (Å²) in [5, 5.41) is 5.02. The third-order valence-corrected chi connectivity index (χ3v) is 4.89. The van der Waals surface area contributed by atoms with Crippen molar-refractivity contribution in [3.8, 4) is 0 Å². The number of morpholine rings is 1. The molecular formula is C19H22Cl2N2O. The predicted molar refractivity (Wildman–Crippen MR) is 99.7 cm³/mol. The molecule has 0 amide bonds. The highest BCUT2D eigenvalue weighted by molar-refractivity contribution is 6.35. The van der Waals surface area contributed by atoms with Crippen molar-refractivity contribution in [3.63, 3.8) is 0 Å². The van der Waals surface area contributed by atoms with Crippen molar-refractivity contribution in [1.29, 1.82) is 0 Å². The van der Waals surface area contributed by atoms with Crippen molar-refractivity contribution in [3.05, 3.63) is 69.7 Å². The Bertz CT molecular complexity index is 645. The molecule has 2 aromatic carbocycles. The van der Waals surface area contributed by atoms with E-state index in [9.17, 15) is 0 Å². The lowest BCUT2D eigenvalue weighted by Gasteiger charge is -2.31. The molecule has 3 nitrogen and oxygen atoms in total. The second-order valence-electron chi connectivity index (χ2n) is 5.99. The molecule has 0 aromatic heterocycles. The second kappa shape index (κ2) is 8.84. The van der Waals surface area contributed by atoms with Gasteiger partial charge >= 0.3 is 0 Å². The summed E-state index contributed by atoms with van der Waals surface area (Å²) in [6, 6.07) is 16.4. The molecule has 128 valence electrons. The van der Waals surface area contributed by atoms with Crippen LogP contribution in [-0.4, -0.2) is 37.7 Å². The summed E-state index contributed by atoms with van der Waals surface area (Å²) >= 11 is 12.3. The number of nitrogens with one attached hydrogen (secondary N) is 1. The van der Waals surface area contributed by atoms with Crippen LogP contribution in [0.3, 0.4) is 0 Å². The van der Waals surface area contributed by atoms with Gasteiger partial charge in [-0.2, -0.15) is 0 Å². The number of hydrogen-bond acceptors (Lipinski definition) is 3. The number of benzene rings is 2. The summed E-state index contributed by atoms with van der Waals surface area (Å²) in [5.74, 6) is 0. The van der Waals surface area contributed by atoms with E-state index < -0.39 is 0 Å². The molecule has 1 aliphatic rings. The van der Waals surface area contributed by atoms with Crippen molar-refractivity contribution in [1.82, 2.24) is 10.2 Å². The van der Waals surface area contributed by atoms with E-state index in [2.05, 4.69) is 34.5 Å². The first-order valence-corrected chi connectivity index (χ1v) is 9.00. The Morgan fingerprint density at radius 3 is 2.50 bits per heavy atom. The maximum Gasteiger partial charge on any atom is 0.0594 e. The van der Waals surface area contributed by atoms with Crippen LogP contribution in [0.2, 0.25) is 10.0 Å². The predicted octanol–water partition coefficient (Wildman–Crippen LogP) is 4.16. The quantitative estimate of drug-likeness (QED) is 0.832. The van der Waals surface area contributed by atoms with Crippen molar-refractivity contribution < 1.29 is 4.74 Å². The summed E-state index contributed by atoms with van der Waals surface area (Å²) in [6.45, 7) is 5.24. The van der Waals surface area contributed by atoms with Gasteiger partial charge in [-0.25, -0.2) is 0 Å². The van der Waals surface area contributed by atoms with E-state index in [4.69, 9.17) is 27.9 Å². The van der Waals surface area contributed by atoms with Gasteiger partial charge in [0.1, 0.15) is 0 Å². The first kappa shape index (κ1) is 17.7. The Morgan fingerprint density at radius 1 is 1.04 bits per heavy atom. The minimum atomic E-state index is 0.246. The zero-order valence-electron chi connectivity index (χ0n) is 13.6. The maximum absolute atomic E-state index is 6.30. The molecule has 1 heterocycles. The third-order valence-electron chi connectivity index (χ3n) is 4.30. The van der Waals surface area contributed by atoms with E-state index in [1.807, 2.05) is 18.2 Å².